The number of fused-ring (bicyclic) bond motifs is 7. The van der Waals surface area contributed by atoms with E-state index in [1.165, 1.54) is 19.3 Å². The minimum absolute atomic E-state index is 0.119. The van der Waals surface area contributed by atoms with Gasteiger partial charge in [-0.05, 0) is 72.3 Å². The van der Waals surface area contributed by atoms with E-state index in [9.17, 15) is 10.1 Å². The molecule has 0 amide bonds. The number of hydrogen-bond donors (Lipinski definition) is 1. The van der Waals surface area contributed by atoms with Crippen molar-refractivity contribution in [3.63, 3.8) is 0 Å². The van der Waals surface area contributed by atoms with Crippen molar-refractivity contribution in [2.45, 2.75) is 31.2 Å². The number of nitrogens with zero attached hydrogens (tertiary/aromatic N) is 1. The molecule has 2 aromatic rings. The molecule has 6 heteroatoms. The van der Waals surface area contributed by atoms with Crippen LogP contribution in [0.25, 0.3) is 0 Å². The number of benzene rings is 2. The Balaban J connectivity index is 1.64. The molecule has 0 spiro atoms. The van der Waals surface area contributed by atoms with Crippen molar-refractivity contribution < 1.29 is 4.92 Å². The monoisotopic (exact) mass is 388 g/mol. The second kappa shape index (κ2) is 5.86. The summed E-state index contributed by atoms with van der Waals surface area (Å²) >= 11 is 12.6. The first kappa shape index (κ1) is 16.4. The molecule has 0 radical (unpaired) electrons. The maximum absolute atomic E-state index is 11.3. The van der Waals surface area contributed by atoms with E-state index >= 15 is 0 Å². The number of anilines is 1. The Morgan fingerprint density at radius 3 is 2.62 bits per heavy atom. The van der Waals surface area contributed by atoms with Crippen LogP contribution in [0.1, 0.15) is 42.3 Å². The van der Waals surface area contributed by atoms with E-state index in [-0.39, 0.29) is 16.7 Å². The lowest BCUT2D eigenvalue weighted by atomic mass is 9.68. The first-order valence-electron chi connectivity index (χ1n) is 9.03. The molecule has 4 nitrogen and oxygen atoms in total. The molecule has 2 aliphatic carbocycles. The van der Waals surface area contributed by atoms with Gasteiger partial charge in [-0.1, -0.05) is 29.3 Å². The molecule has 26 heavy (non-hydrogen) atoms. The third kappa shape index (κ3) is 2.35. The number of non-ortho nitro benzene ring substituents is 1. The first-order chi connectivity index (χ1) is 12.5. The predicted octanol–water partition coefficient (Wildman–Crippen LogP) is 6.20. The zero-order valence-electron chi connectivity index (χ0n) is 14.0. The van der Waals surface area contributed by atoms with Crippen molar-refractivity contribution >= 4 is 34.6 Å². The lowest BCUT2D eigenvalue weighted by molar-refractivity contribution is -0.384. The molecule has 5 unspecified atom stereocenters. The first-order valence-corrected chi connectivity index (χ1v) is 9.78. The summed E-state index contributed by atoms with van der Waals surface area (Å²) in [5.74, 6) is 2.03. The van der Waals surface area contributed by atoms with Crippen LogP contribution < -0.4 is 5.32 Å². The van der Waals surface area contributed by atoms with Crippen molar-refractivity contribution in [1.82, 2.24) is 0 Å². The standard InChI is InChI=1S/C20H18Cl2N2O2/c21-12-3-5-14(16(22)8-12)20-19-11-2-1-10(7-11)18(19)15-9-13(24(25)26)4-6-17(15)23-20/h3-6,8-11,18-20,23H,1-2,7H2. The molecule has 1 heterocycles. The molecule has 5 rings (SSSR count). The molecule has 1 aliphatic heterocycles. The van der Waals surface area contributed by atoms with Crippen LogP contribution in [0.4, 0.5) is 11.4 Å². The fourth-order valence-electron chi connectivity index (χ4n) is 5.65. The van der Waals surface area contributed by atoms with Crippen molar-refractivity contribution in [3.05, 3.63) is 67.7 Å². The minimum Gasteiger partial charge on any atom is -0.378 e. The summed E-state index contributed by atoms with van der Waals surface area (Å²) in [5, 5.41) is 16.2. The van der Waals surface area contributed by atoms with E-state index in [4.69, 9.17) is 23.2 Å². The largest absolute Gasteiger partial charge is 0.378 e. The molecule has 134 valence electrons. The van der Waals surface area contributed by atoms with Gasteiger partial charge < -0.3 is 5.32 Å². The van der Waals surface area contributed by atoms with Gasteiger partial charge in [0.2, 0.25) is 0 Å². The zero-order chi connectivity index (χ0) is 18.0. The molecular formula is C20H18Cl2N2O2. The van der Waals surface area contributed by atoms with Crippen LogP contribution in [0.3, 0.4) is 0 Å². The zero-order valence-corrected chi connectivity index (χ0v) is 15.5. The van der Waals surface area contributed by atoms with E-state index < -0.39 is 0 Å². The molecule has 1 N–H and O–H groups in total. The summed E-state index contributed by atoms with van der Waals surface area (Å²) in [5.41, 5.74) is 3.36. The predicted molar refractivity (Wildman–Crippen MR) is 103 cm³/mol. The second-order valence-electron chi connectivity index (χ2n) is 7.75. The molecule has 2 fully saturated rings. The summed E-state index contributed by atoms with van der Waals surface area (Å²) in [4.78, 5) is 11.0. The van der Waals surface area contributed by atoms with E-state index in [2.05, 4.69) is 5.32 Å². The fourth-order valence-corrected chi connectivity index (χ4v) is 6.18. The van der Waals surface area contributed by atoms with Crippen molar-refractivity contribution in [1.29, 1.82) is 0 Å². The molecular weight excluding hydrogens is 371 g/mol. The van der Waals surface area contributed by atoms with Crippen molar-refractivity contribution in [2.75, 3.05) is 5.32 Å². The van der Waals surface area contributed by atoms with Crippen molar-refractivity contribution in [2.24, 2.45) is 17.8 Å². The van der Waals surface area contributed by atoms with Gasteiger partial charge >= 0.3 is 0 Å². The van der Waals surface area contributed by atoms with Gasteiger partial charge in [0.1, 0.15) is 0 Å². The summed E-state index contributed by atoms with van der Waals surface area (Å²) in [6.45, 7) is 0. The lowest BCUT2D eigenvalue weighted by Crippen LogP contribution is -2.35. The van der Waals surface area contributed by atoms with Gasteiger partial charge in [-0.3, -0.25) is 10.1 Å². The summed E-state index contributed by atoms with van der Waals surface area (Å²) < 4.78 is 0. The van der Waals surface area contributed by atoms with E-state index in [0.29, 0.717) is 33.7 Å². The summed E-state index contributed by atoms with van der Waals surface area (Å²) in [6.07, 6.45) is 3.66. The second-order valence-corrected chi connectivity index (χ2v) is 8.60. The quantitative estimate of drug-likeness (QED) is 0.492. The van der Waals surface area contributed by atoms with Gasteiger partial charge in [0, 0.05) is 27.9 Å². The van der Waals surface area contributed by atoms with Crippen LogP contribution >= 0.6 is 23.2 Å². The Morgan fingerprint density at radius 2 is 1.85 bits per heavy atom. The molecule has 0 aromatic heterocycles. The molecule has 2 aromatic carbocycles. The lowest BCUT2D eigenvalue weighted by Gasteiger charge is -2.43. The molecule has 0 saturated heterocycles. The number of nitrogens with one attached hydrogen (secondary N) is 1. The van der Waals surface area contributed by atoms with Gasteiger partial charge in [-0.2, -0.15) is 0 Å². The Hall–Kier alpha value is -1.78. The Bertz CT molecular complexity index is 917. The minimum atomic E-state index is -0.301. The SMILES string of the molecule is O=[N+]([O-])c1ccc2c(c1)C1C3CCC(C3)C1C(c1ccc(Cl)cc1Cl)N2. The molecule has 5 atom stereocenters. The number of nitro groups is 1. The van der Waals surface area contributed by atoms with E-state index in [1.54, 1.807) is 18.2 Å². The molecule has 3 aliphatic rings. The summed E-state index contributed by atoms with van der Waals surface area (Å²) in [7, 11) is 0. The highest BCUT2D eigenvalue weighted by Crippen LogP contribution is 2.64. The maximum atomic E-state index is 11.3. The number of nitro benzene ring substituents is 1. The van der Waals surface area contributed by atoms with Gasteiger partial charge in [0.15, 0.2) is 0 Å². The van der Waals surface area contributed by atoms with Gasteiger partial charge in [0.05, 0.1) is 11.0 Å². The maximum Gasteiger partial charge on any atom is 0.269 e. The highest BCUT2D eigenvalue weighted by molar-refractivity contribution is 6.35. The van der Waals surface area contributed by atoms with Crippen LogP contribution in [0, 0.1) is 27.9 Å². The van der Waals surface area contributed by atoms with Crippen LogP contribution in [-0.4, -0.2) is 4.92 Å². The highest BCUT2D eigenvalue weighted by Gasteiger charge is 2.54. The van der Waals surface area contributed by atoms with Gasteiger partial charge in [-0.15, -0.1) is 0 Å². The molecule has 2 bridgehead atoms. The highest BCUT2D eigenvalue weighted by atomic mass is 35.5. The normalized spacial score (nSPS) is 31.2. The average molecular weight is 389 g/mol. The number of rotatable bonds is 2. The molecule has 2 saturated carbocycles. The van der Waals surface area contributed by atoms with Crippen LogP contribution in [-0.2, 0) is 0 Å². The Morgan fingerprint density at radius 1 is 1.04 bits per heavy atom. The van der Waals surface area contributed by atoms with Crippen molar-refractivity contribution in [3.8, 4) is 0 Å². The third-order valence-corrected chi connectivity index (χ3v) is 7.14. The number of hydrogen-bond acceptors (Lipinski definition) is 3. The number of halogens is 2. The fraction of sp³-hybridized carbons (Fsp3) is 0.400. The van der Waals surface area contributed by atoms with Crippen LogP contribution in [0.2, 0.25) is 10.0 Å². The van der Waals surface area contributed by atoms with Crippen LogP contribution in [0.5, 0.6) is 0 Å². The van der Waals surface area contributed by atoms with Gasteiger partial charge in [-0.25, -0.2) is 0 Å². The summed E-state index contributed by atoms with van der Waals surface area (Å²) in [6, 6.07) is 11.0. The van der Waals surface area contributed by atoms with Gasteiger partial charge in [0.25, 0.3) is 5.69 Å². The Labute approximate surface area is 161 Å². The third-order valence-electron chi connectivity index (χ3n) is 6.58. The Kier molecular flexibility index (Phi) is 3.70. The van der Waals surface area contributed by atoms with Crippen LogP contribution in [0.15, 0.2) is 36.4 Å². The topological polar surface area (TPSA) is 55.2 Å². The van der Waals surface area contributed by atoms with E-state index in [0.717, 1.165) is 16.8 Å². The smallest absolute Gasteiger partial charge is 0.269 e. The van der Waals surface area contributed by atoms with E-state index in [1.807, 2.05) is 18.2 Å². The average Bonchev–Trinajstić information content (AvgIpc) is 3.23.